The third-order valence-corrected chi connectivity index (χ3v) is 3.34. The van der Waals surface area contributed by atoms with E-state index in [9.17, 15) is 9.59 Å². The van der Waals surface area contributed by atoms with E-state index in [1.165, 1.54) is 4.90 Å². The molecule has 2 rings (SSSR count). The quantitative estimate of drug-likeness (QED) is 0.838. The summed E-state index contributed by atoms with van der Waals surface area (Å²) in [6, 6.07) is 9.47. The molecule has 1 aliphatic rings. The number of hydrogen-bond acceptors (Lipinski definition) is 2. The number of likely N-dealkylation sites (tertiary alicyclic amines) is 1. The summed E-state index contributed by atoms with van der Waals surface area (Å²) in [6.07, 6.45) is -0.565. The van der Waals surface area contributed by atoms with Crippen LogP contribution in [0.25, 0.3) is 0 Å². The summed E-state index contributed by atoms with van der Waals surface area (Å²) in [5.74, 6) is -1.60. The highest BCUT2D eigenvalue weighted by Crippen LogP contribution is 2.30. The Bertz CT molecular complexity index is 424. The highest BCUT2D eigenvalue weighted by Gasteiger charge is 2.34. The van der Waals surface area contributed by atoms with Crippen molar-refractivity contribution in [3.63, 3.8) is 0 Å². The first-order valence-electron chi connectivity index (χ1n) is 5.83. The van der Waals surface area contributed by atoms with Crippen LogP contribution in [0.5, 0.6) is 0 Å². The molecule has 2 N–H and O–H groups in total. The fourth-order valence-electron chi connectivity index (χ4n) is 2.40. The van der Waals surface area contributed by atoms with Gasteiger partial charge in [-0.25, -0.2) is 4.79 Å². The minimum Gasteiger partial charge on any atom is -0.481 e. The summed E-state index contributed by atoms with van der Waals surface area (Å²) in [7, 11) is 0. The predicted molar refractivity (Wildman–Crippen MR) is 64.5 cm³/mol. The summed E-state index contributed by atoms with van der Waals surface area (Å²) < 4.78 is 0. The van der Waals surface area contributed by atoms with Gasteiger partial charge in [0, 0.05) is 19.0 Å². The fourth-order valence-corrected chi connectivity index (χ4v) is 2.40. The molecule has 1 saturated heterocycles. The van der Waals surface area contributed by atoms with Crippen molar-refractivity contribution in [1.82, 2.24) is 4.90 Å². The lowest BCUT2D eigenvalue weighted by Gasteiger charge is -2.34. The minimum atomic E-state index is -1.05. The molecule has 1 amide bonds. The van der Waals surface area contributed by atoms with Crippen molar-refractivity contribution >= 4 is 12.1 Å². The number of carboxylic acids is 1. The van der Waals surface area contributed by atoms with Crippen LogP contribution in [-0.4, -0.2) is 40.3 Å². The van der Waals surface area contributed by atoms with Gasteiger partial charge < -0.3 is 15.1 Å². The van der Waals surface area contributed by atoms with Crippen molar-refractivity contribution in [3.8, 4) is 0 Å². The van der Waals surface area contributed by atoms with Crippen molar-refractivity contribution in [2.24, 2.45) is 5.92 Å². The smallest absolute Gasteiger partial charge is 0.407 e. The number of benzene rings is 1. The van der Waals surface area contributed by atoms with E-state index in [0.29, 0.717) is 13.0 Å². The maximum Gasteiger partial charge on any atom is 0.407 e. The van der Waals surface area contributed by atoms with Crippen molar-refractivity contribution < 1.29 is 19.8 Å². The Morgan fingerprint density at radius 1 is 1.11 bits per heavy atom. The Kier molecular flexibility index (Phi) is 3.50. The molecule has 1 fully saturated rings. The van der Waals surface area contributed by atoms with Crippen LogP contribution >= 0.6 is 0 Å². The summed E-state index contributed by atoms with van der Waals surface area (Å²) in [5, 5.41) is 18.1. The highest BCUT2D eigenvalue weighted by molar-refractivity contribution is 5.72. The number of aliphatic carboxylic acids is 1. The first kappa shape index (κ1) is 12.4. The van der Waals surface area contributed by atoms with Crippen molar-refractivity contribution in [2.45, 2.75) is 12.3 Å². The molecular formula is C13H15NO4. The molecule has 0 aliphatic carbocycles. The van der Waals surface area contributed by atoms with Gasteiger partial charge in [-0.15, -0.1) is 0 Å². The maximum absolute atomic E-state index is 11.1. The third-order valence-electron chi connectivity index (χ3n) is 3.34. The van der Waals surface area contributed by atoms with Gasteiger partial charge in [-0.2, -0.15) is 0 Å². The first-order valence-corrected chi connectivity index (χ1v) is 5.83. The average molecular weight is 249 g/mol. The molecule has 2 atom stereocenters. The predicted octanol–water partition coefficient (Wildman–Crippen LogP) is 1.85. The number of hydrogen-bond donors (Lipinski definition) is 2. The Morgan fingerprint density at radius 3 is 2.33 bits per heavy atom. The van der Waals surface area contributed by atoms with Crippen LogP contribution in [0.15, 0.2) is 30.3 Å². The molecule has 1 aromatic rings. The second kappa shape index (κ2) is 5.08. The van der Waals surface area contributed by atoms with Crippen LogP contribution in [0.3, 0.4) is 0 Å². The summed E-state index contributed by atoms with van der Waals surface area (Å²) >= 11 is 0. The average Bonchev–Trinajstić information content (AvgIpc) is 2.39. The van der Waals surface area contributed by atoms with Crippen LogP contribution in [-0.2, 0) is 4.79 Å². The molecular weight excluding hydrogens is 234 g/mol. The van der Waals surface area contributed by atoms with Crippen LogP contribution in [0.4, 0.5) is 4.79 Å². The monoisotopic (exact) mass is 249 g/mol. The topological polar surface area (TPSA) is 77.8 Å². The van der Waals surface area contributed by atoms with E-state index in [0.717, 1.165) is 5.56 Å². The molecule has 96 valence electrons. The Hall–Kier alpha value is -2.04. The Morgan fingerprint density at radius 2 is 1.78 bits per heavy atom. The molecule has 0 saturated carbocycles. The van der Waals surface area contributed by atoms with Gasteiger partial charge in [0.2, 0.25) is 0 Å². The largest absolute Gasteiger partial charge is 0.481 e. The lowest BCUT2D eigenvalue weighted by Crippen LogP contribution is -2.44. The molecule has 5 nitrogen and oxygen atoms in total. The van der Waals surface area contributed by atoms with Gasteiger partial charge in [-0.05, 0) is 12.0 Å². The number of amides is 1. The van der Waals surface area contributed by atoms with Gasteiger partial charge in [0.1, 0.15) is 0 Å². The molecule has 0 aromatic heterocycles. The third kappa shape index (κ3) is 2.61. The van der Waals surface area contributed by atoms with Crippen LogP contribution < -0.4 is 0 Å². The summed E-state index contributed by atoms with van der Waals surface area (Å²) in [5.41, 5.74) is 0.995. The zero-order valence-corrected chi connectivity index (χ0v) is 9.82. The SMILES string of the molecule is O=C(O)C1CC(c2ccccc2)CN(C(=O)O)C1. The Balaban J connectivity index is 2.20. The lowest BCUT2D eigenvalue weighted by molar-refractivity contribution is -0.143. The zero-order valence-electron chi connectivity index (χ0n) is 9.82. The van der Waals surface area contributed by atoms with Crippen LogP contribution in [0.2, 0.25) is 0 Å². The second-order valence-electron chi connectivity index (χ2n) is 4.57. The fraction of sp³-hybridized carbons (Fsp3) is 0.385. The molecule has 0 bridgehead atoms. The number of carbonyl (C=O) groups is 2. The van der Waals surface area contributed by atoms with Crippen molar-refractivity contribution in [3.05, 3.63) is 35.9 Å². The van der Waals surface area contributed by atoms with Gasteiger partial charge in [0.05, 0.1) is 5.92 Å². The van der Waals surface area contributed by atoms with Gasteiger partial charge in [-0.1, -0.05) is 30.3 Å². The van der Waals surface area contributed by atoms with E-state index >= 15 is 0 Å². The van der Waals surface area contributed by atoms with E-state index in [-0.39, 0.29) is 12.5 Å². The zero-order chi connectivity index (χ0) is 13.1. The molecule has 2 unspecified atom stereocenters. The molecule has 0 spiro atoms. The van der Waals surface area contributed by atoms with E-state index in [4.69, 9.17) is 10.2 Å². The van der Waals surface area contributed by atoms with Gasteiger partial charge in [0.25, 0.3) is 0 Å². The maximum atomic E-state index is 11.1. The normalized spacial score (nSPS) is 23.7. The van der Waals surface area contributed by atoms with E-state index in [2.05, 4.69) is 0 Å². The molecule has 5 heteroatoms. The first-order chi connectivity index (χ1) is 8.58. The molecule has 18 heavy (non-hydrogen) atoms. The van der Waals surface area contributed by atoms with E-state index < -0.39 is 18.0 Å². The van der Waals surface area contributed by atoms with Gasteiger partial charge >= 0.3 is 12.1 Å². The lowest BCUT2D eigenvalue weighted by atomic mass is 9.85. The number of nitrogens with zero attached hydrogens (tertiary/aromatic N) is 1. The number of carboxylic acid groups (broad SMARTS) is 2. The molecule has 1 aromatic carbocycles. The second-order valence-corrected chi connectivity index (χ2v) is 4.57. The summed E-state index contributed by atoms with van der Waals surface area (Å²) in [6.45, 7) is 0.442. The highest BCUT2D eigenvalue weighted by atomic mass is 16.4. The van der Waals surface area contributed by atoms with Crippen LogP contribution in [0, 0.1) is 5.92 Å². The van der Waals surface area contributed by atoms with Crippen molar-refractivity contribution in [2.75, 3.05) is 13.1 Å². The molecule has 1 heterocycles. The van der Waals surface area contributed by atoms with E-state index in [1.807, 2.05) is 30.3 Å². The van der Waals surface area contributed by atoms with Gasteiger partial charge in [0.15, 0.2) is 0 Å². The standard InChI is InChI=1S/C13H15NO4/c15-12(16)11-6-10(7-14(8-11)13(17)18)9-4-2-1-3-5-9/h1-5,10-11H,6-8H2,(H,15,16)(H,17,18). The Labute approximate surface area is 105 Å². The van der Waals surface area contributed by atoms with Crippen molar-refractivity contribution in [1.29, 1.82) is 0 Å². The molecule has 1 aliphatic heterocycles. The minimum absolute atomic E-state index is 0.0443. The summed E-state index contributed by atoms with van der Waals surface area (Å²) in [4.78, 5) is 23.3. The number of rotatable bonds is 2. The van der Waals surface area contributed by atoms with Gasteiger partial charge in [-0.3, -0.25) is 4.79 Å². The van der Waals surface area contributed by atoms with E-state index in [1.54, 1.807) is 0 Å². The van der Waals surface area contributed by atoms with Crippen LogP contribution in [0.1, 0.15) is 17.9 Å². The number of piperidine rings is 1. The molecule has 0 radical (unpaired) electrons.